The highest BCUT2D eigenvalue weighted by Gasteiger charge is 2.29. The Morgan fingerprint density at radius 3 is 2.30 bits per heavy atom. The molecule has 132 valence electrons. The van der Waals surface area contributed by atoms with Gasteiger partial charge in [-0.1, -0.05) is 70.4 Å². The summed E-state index contributed by atoms with van der Waals surface area (Å²) in [6, 6.07) is 21.8. The van der Waals surface area contributed by atoms with Crippen molar-refractivity contribution in [2.45, 2.75) is 5.92 Å². The molecule has 3 aromatic carbocycles. The average molecular weight is 418 g/mol. The summed E-state index contributed by atoms with van der Waals surface area (Å²) in [5, 5.41) is 2.74. The molecule has 1 amide bonds. The number of amides is 1. The Morgan fingerprint density at radius 1 is 1.04 bits per heavy atom. The van der Waals surface area contributed by atoms with E-state index < -0.39 is 6.09 Å². The van der Waals surface area contributed by atoms with Crippen LogP contribution in [-0.4, -0.2) is 12.7 Å². The number of anilines is 1. The average Bonchev–Trinajstić information content (AvgIpc) is 3.01. The Hall–Kier alpha value is -3.03. The number of ether oxygens (including phenoxy) is 1. The van der Waals surface area contributed by atoms with Crippen LogP contribution in [-0.2, 0) is 4.74 Å². The van der Waals surface area contributed by atoms with E-state index in [2.05, 4.69) is 51.4 Å². The quantitative estimate of drug-likeness (QED) is 0.547. The van der Waals surface area contributed by atoms with Crippen LogP contribution in [0.15, 0.2) is 71.2 Å². The number of rotatable bonds is 3. The molecule has 1 N–H and O–H groups in total. The van der Waals surface area contributed by atoms with Gasteiger partial charge in [0.05, 0.1) is 5.69 Å². The van der Waals surface area contributed by atoms with Crippen LogP contribution in [0.5, 0.6) is 0 Å². The summed E-state index contributed by atoms with van der Waals surface area (Å²) in [6.07, 6.45) is 4.99. The summed E-state index contributed by atoms with van der Waals surface area (Å²) in [5.74, 6) is 2.59. The number of nitrogens with one attached hydrogen (secondary N) is 1. The van der Waals surface area contributed by atoms with Crippen LogP contribution in [0.2, 0.25) is 0 Å². The molecule has 3 nitrogen and oxygen atoms in total. The van der Waals surface area contributed by atoms with Crippen molar-refractivity contribution in [2.24, 2.45) is 0 Å². The topological polar surface area (TPSA) is 38.3 Å². The molecule has 3 aromatic rings. The molecule has 0 unspecified atom stereocenters. The second-order valence-electron chi connectivity index (χ2n) is 6.28. The van der Waals surface area contributed by atoms with E-state index in [-0.39, 0.29) is 12.5 Å². The van der Waals surface area contributed by atoms with E-state index in [9.17, 15) is 4.79 Å². The van der Waals surface area contributed by atoms with Crippen molar-refractivity contribution in [3.63, 3.8) is 0 Å². The summed E-state index contributed by atoms with van der Waals surface area (Å²) < 4.78 is 6.40. The van der Waals surface area contributed by atoms with Gasteiger partial charge in [0.2, 0.25) is 0 Å². The summed E-state index contributed by atoms with van der Waals surface area (Å²) in [4.78, 5) is 12.3. The fourth-order valence-corrected chi connectivity index (χ4v) is 3.85. The van der Waals surface area contributed by atoms with Gasteiger partial charge in [-0.25, -0.2) is 4.79 Å². The molecule has 1 aliphatic rings. The zero-order valence-corrected chi connectivity index (χ0v) is 16.0. The molecule has 0 saturated carbocycles. The van der Waals surface area contributed by atoms with E-state index in [0.29, 0.717) is 11.3 Å². The summed E-state index contributed by atoms with van der Waals surface area (Å²) in [5.41, 5.74) is 5.91. The van der Waals surface area contributed by atoms with Gasteiger partial charge in [-0.2, -0.15) is 0 Å². The highest BCUT2D eigenvalue weighted by Crippen LogP contribution is 2.44. The first-order valence-electron chi connectivity index (χ1n) is 8.55. The molecule has 0 radical (unpaired) electrons. The van der Waals surface area contributed by atoms with E-state index >= 15 is 0 Å². The molecule has 0 aliphatic heterocycles. The van der Waals surface area contributed by atoms with Gasteiger partial charge in [0, 0.05) is 16.0 Å². The molecule has 0 heterocycles. The summed E-state index contributed by atoms with van der Waals surface area (Å²) in [7, 11) is 0. The highest BCUT2D eigenvalue weighted by molar-refractivity contribution is 9.10. The maximum atomic E-state index is 12.3. The Labute approximate surface area is 166 Å². The number of benzene rings is 3. The molecule has 0 fully saturated rings. The van der Waals surface area contributed by atoms with Crippen LogP contribution in [0.25, 0.3) is 11.1 Å². The summed E-state index contributed by atoms with van der Waals surface area (Å²) in [6.45, 7) is 0.266. The molecule has 0 spiro atoms. The smallest absolute Gasteiger partial charge is 0.411 e. The second-order valence-corrected chi connectivity index (χ2v) is 7.20. The first-order valence-corrected chi connectivity index (χ1v) is 9.35. The Kier molecular flexibility index (Phi) is 4.70. The van der Waals surface area contributed by atoms with Crippen LogP contribution in [0.3, 0.4) is 0 Å². The van der Waals surface area contributed by atoms with Gasteiger partial charge in [-0.15, -0.1) is 6.42 Å². The minimum atomic E-state index is -0.518. The Balaban J connectivity index is 1.51. The lowest BCUT2D eigenvalue weighted by Gasteiger charge is -2.15. The van der Waals surface area contributed by atoms with Crippen LogP contribution in [0.1, 0.15) is 22.6 Å². The van der Waals surface area contributed by atoms with Crippen LogP contribution < -0.4 is 5.32 Å². The third-order valence-corrected chi connectivity index (χ3v) is 5.21. The fourth-order valence-electron chi connectivity index (χ4n) is 3.49. The van der Waals surface area contributed by atoms with Gasteiger partial charge in [0.15, 0.2) is 0 Å². The van der Waals surface area contributed by atoms with Gasteiger partial charge < -0.3 is 4.74 Å². The first-order chi connectivity index (χ1) is 13.2. The van der Waals surface area contributed by atoms with Crippen molar-refractivity contribution in [3.05, 3.63) is 87.9 Å². The van der Waals surface area contributed by atoms with Crippen molar-refractivity contribution in [1.29, 1.82) is 0 Å². The highest BCUT2D eigenvalue weighted by atomic mass is 79.9. The van der Waals surface area contributed by atoms with E-state index in [1.54, 1.807) is 12.1 Å². The van der Waals surface area contributed by atoms with Crippen molar-refractivity contribution < 1.29 is 9.53 Å². The Bertz CT molecular complexity index is 1020. The predicted octanol–water partition coefficient (Wildman–Crippen LogP) is 5.79. The van der Waals surface area contributed by atoms with Gasteiger partial charge in [-0.3, -0.25) is 5.32 Å². The standard InChI is InChI=1S/C23H16BrNO2/c1-2-15-13-16(24)11-12-22(15)25-23(26)27-14-21-19-9-5-3-7-17(19)18-8-4-6-10-20(18)21/h1,3-13,21H,14H2,(H,25,26). The number of fused-ring (bicyclic) bond motifs is 3. The van der Waals surface area contributed by atoms with E-state index in [0.717, 1.165) is 4.47 Å². The number of terminal acetylenes is 1. The van der Waals surface area contributed by atoms with Crippen LogP contribution in [0, 0.1) is 12.3 Å². The lowest BCUT2D eigenvalue weighted by atomic mass is 9.98. The monoisotopic (exact) mass is 417 g/mol. The van der Waals surface area contributed by atoms with Crippen molar-refractivity contribution in [1.82, 2.24) is 0 Å². The van der Waals surface area contributed by atoms with E-state index in [1.807, 2.05) is 30.3 Å². The molecule has 4 heteroatoms. The van der Waals surface area contributed by atoms with E-state index in [4.69, 9.17) is 11.2 Å². The lowest BCUT2D eigenvalue weighted by Crippen LogP contribution is -2.18. The first kappa shape index (κ1) is 17.4. The molecule has 0 aromatic heterocycles. The van der Waals surface area contributed by atoms with Crippen molar-refractivity contribution >= 4 is 27.7 Å². The molecule has 27 heavy (non-hydrogen) atoms. The molecule has 0 bridgehead atoms. The molecule has 4 rings (SSSR count). The van der Waals surface area contributed by atoms with Gasteiger partial charge in [-0.05, 0) is 40.5 Å². The Morgan fingerprint density at radius 2 is 1.67 bits per heavy atom. The maximum absolute atomic E-state index is 12.3. The summed E-state index contributed by atoms with van der Waals surface area (Å²) >= 11 is 3.37. The minimum Gasteiger partial charge on any atom is -0.448 e. The van der Waals surface area contributed by atoms with Crippen molar-refractivity contribution in [2.75, 3.05) is 11.9 Å². The van der Waals surface area contributed by atoms with Crippen LogP contribution >= 0.6 is 15.9 Å². The maximum Gasteiger partial charge on any atom is 0.411 e. The number of hydrogen-bond acceptors (Lipinski definition) is 2. The van der Waals surface area contributed by atoms with Gasteiger partial charge >= 0.3 is 6.09 Å². The SMILES string of the molecule is C#Cc1cc(Br)ccc1NC(=O)OCC1c2ccccc2-c2ccccc21. The second kappa shape index (κ2) is 7.30. The van der Waals surface area contributed by atoms with Gasteiger partial charge in [0.25, 0.3) is 0 Å². The third kappa shape index (κ3) is 3.34. The minimum absolute atomic E-state index is 0.0279. The number of hydrogen-bond donors (Lipinski definition) is 1. The van der Waals surface area contributed by atoms with Crippen LogP contribution in [0.4, 0.5) is 10.5 Å². The fraction of sp³-hybridized carbons (Fsp3) is 0.0870. The third-order valence-electron chi connectivity index (χ3n) is 4.72. The normalized spacial score (nSPS) is 12.0. The number of carbonyl (C=O) groups is 1. The molecule has 0 atom stereocenters. The number of halogens is 1. The van der Waals surface area contributed by atoms with Crippen molar-refractivity contribution in [3.8, 4) is 23.5 Å². The van der Waals surface area contributed by atoms with Gasteiger partial charge in [0.1, 0.15) is 6.61 Å². The molecular weight excluding hydrogens is 402 g/mol. The zero-order valence-electron chi connectivity index (χ0n) is 14.4. The lowest BCUT2D eigenvalue weighted by molar-refractivity contribution is 0.158. The largest absolute Gasteiger partial charge is 0.448 e. The molecular formula is C23H16BrNO2. The molecule has 1 aliphatic carbocycles. The molecule has 0 saturated heterocycles. The van der Waals surface area contributed by atoms with E-state index in [1.165, 1.54) is 22.3 Å². The predicted molar refractivity (Wildman–Crippen MR) is 111 cm³/mol. The number of carbonyl (C=O) groups excluding carboxylic acids is 1. The zero-order chi connectivity index (χ0) is 18.8.